The summed E-state index contributed by atoms with van der Waals surface area (Å²) in [5.74, 6) is 0.795. The van der Waals surface area contributed by atoms with Gasteiger partial charge in [0.25, 0.3) is 0 Å². The first kappa shape index (κ1) is 10.4. The van der Waals surface area contributed by atoms with E-state index >= 15 is 0 Å². The van der Waals surface area contributed by atoms with Crippen molar-refractivity contribution in [1.82, 2.24) is 4.90 Å². The van der Waals surface area contributed by atoms with Gasteiger partial charge in [-0.15, -0.1) is 0 Å². The van der Waals surface area contributed by atoms with E-state index in [2.05, 4.69) is 11.8 Å². The molecule has 1 saturated carbocycles. The third kappa shape index (κ3) is 2.29. The fourth-order valence-corrected chi connectivity index (χ4v) is 2.83. The molecule has 0 spiro atoms. The lowest BCUT2D eigenvalue weighted by Crippen LogP contribution is -2.42. The minimum absolute atomic E-state index is 0.251. The van der Waals surface area contributed by atoms with Gasteiger partial charge < -0.3 is 10.0 Å². The molecular formula is C12H23NO. The fourth-order valence-electron chi connectivity index (χ4n) is 2.83. The topological polar surface area (TPSA) is 23.5 Å². The molecule has 0 atom stereocenters. The van der Waals surface area contributed by atoms with Gasteiger partial charge in [-0.1, -0.05) is 6.92 Å². The van der Waals surface area contributed by atoms with E-state index < -0.39 is 0 Å². The Balaban J connectivity index is 1.73. The Labute approximate surface area is 87.3 Å². The molecule has 0 bridgehead atoms. The van der Waals surface area contributed by atoms with Gasteiger partial charge in [0.05, 0.1) is 5.60 Å². The summed E-state index contributed by atoms with van der Waals surface area (Å²) in [7, 11) is 0. The van der Waals surface area contributed by atoms with Crippen LogP contribution in [0.5, 0.6) is 0 Å². The molecule has 0 amide bonds. The molecule has 2 fully saturated rings. The van der Waals surface area contributed by atoms with Crippen LogP contribution in [-0.4, -0.2) is 35.2 Å². The summed E-state index contributed by atoms with van der Waals surface area (Å²) in [5.41, 5.74) is -0.251. The first-order valence-electron chi connectivity index (χ1n) is 6.16. The van der Waals surface area contributed by atoms with E-state index in [1.165, 1.54) is 38.9 Å². The Hall–Kier alpha value is -0.0800. The van der Waals surface area contributed by atoms with Crippen molar-refractivity contribution in [3.8, 4) is 0 Å². The van der Waals surface area contributed by atoms with E-state index in [4.69, 9.17) is 0 Å². The zero-order chi connectivity index (χ0) is 10.0. The second kappa shape index (κ2) is 4.19. The lowest BCUT2D eigenvalue weighted by molar-refractivity contribution is -0.0583. The number of nitrogens with zero attached hydrogens (tertiary/aromatic N) is 1. The smallest absolute Gasteiger partial charge is 0.0650 e. The highest BCUT2D eigenvalue weighted by atomic mass is 16.3. The van der Waals surface area contributed by atoms with Crippen LogP contribution in [0.2, 0.25) is 0 Å². The zero-order valence-corrected chi connectivity index (χ0v) is 9.34. The van der Waals surface area contributed by atoms with Crippen LogP contribution >= 0.6 is 0 Å². The van der Waals surface area contributed by atoms with E-state index in [-0.39, 0.29) is 5.60 Å². The van der Waals surface area contributed by atoms with Crippen LogP contribution in [0.1, 0.15) is 45.4 Å². The molecule has 1 heterocycles. The highest BCUT2D eigenvalue weighted by molar-refractivity contribution is 4.90. The quantitative estimate of drug-likeness (QED) is 0.748. The predicted octanol–water partition coefficient (Wildman–Crippen LogP) is 2.02. The molecule has 1 aliphatic heterocycles. The van der Waals surface area contributed by atoms with Crippen molar-refractivity contribution in [3.05, 3.63) is 0 Å². The van der Waals surface area contributed by atoms with Crippen LogP contribution in [0.3, 0.4) is 0 Å². The van der Waals surface area contributed by atoms with Crippen molar-refractivity contribution >= 4 is 0 Å². The van der Waals surface area contributed by atoms with Crippen LogP contribution in [-0.2, 0) is 0 Å². The summed E-state index contributed by atoms with van der Waals surface area (Å²) in [6.07, 6.45) is 7.03. The standard InChI is InChI=1S/C12H23NO/c1-2-13-8-4-11(5-9-13)10-12(14)6-3-7-12/h11,14H,2-10H2,1H3. The van der Waals surface area contributed by atoms with E-state index in [0.29, 0.717) is 0 Å². The molecule has 2 heteroatoms. The molecular weight excluding hydrogens is 174 g/mol. The van der Waals surface area contributed by atoms with Crippen LogP contribution in [0, 0.1) is 5.92 Å². The molecule has 2 aliphatic rings. The molecule has 2 rings (SSSR count). The van der Waals surface area contributed by atoms with Crippen LogP contribution in [0.15, 0.2) is 0 Å². The maximum atomic E-state index is 10.1. The second-order valence-corrected chi connectivity index (χ2v) is 5.16. The van der Waals surface area contributed by atoms with Crippen molar-refractivity contribution in [1.29, 1.82) is 0 Å². The first-order chi connectivity index (χ1) is 6.72. The average Bonchev–Trinajstić information content (AvgIpc) is 2.17. The summed E-state index contributed by atoms with van der Waals surface area (Å²) in [6.45, 7) is 5.92. The van der Waals surface area contributed by atoms with Crippen molar-refractivity contribution in [2.45, 2.75) is 51.0 Å². The number of hydrogen-bond acceptors (Lipinski definition) is 2. The Kier molecular flexibility index (Phi) is 3.13. The van der Waals surface area contributed by atoms with Crippen molar-refractivity contribution in [2.24, 2.45) is 5.92 Å². The number of aliphatic hydroxyl groups is 1. The van der Waals surface area contributed by atoms with E-state index in [9.17, 15) is 5.11 Å². The number of rotatable bonds is 3. The number of hydrogen-bond donors (Lipinski definition) is 1. The van der Waals surface area contributed by atoms with E-state index in [0.717, 1.165) is 25.2 Å². The van der Waals surface area contributed by atoms with Crippen LogP contribution in [0.4, 0.5) is 0 Å². The third-order valence-electron chi connectivity index (χ3n) is 4.11. The maximum absolute atomic E-state index is 10.1. The monoisotopic (exact) mass is 197 g/mol. The number of piperidine rings is 1. The Morgan fingerprint density at radius 2 is 1.93 bits per heavy atom. The van der Waals surface area contributed by atoms with Crippen molar-refractivity contribution < 1.29 is 5.11 Å². The average molecular weight is 197 g/mol. The molecule has 1 N–H and O–H groups in total. The van der Waals surface area contributed by atoms with Crippen LogP contribution in [0.25, 0.3) is 0 Å². The van der Waals surface area contributed by atoms with Gasteiger partial charge >= 0.3 is 0 Å². The molecule has 82 valence electrons. The highest BCUT2D eigenvalue weighted by Crippen LogP contribution is 2.39. The lowest BCUT2D eigenvalue weighted by atomic mass is 9.72. The Morgan fingerprint density at radius 3 is 2.36 bits per heavy atom. The zero-order valence-electron chi connectivity index (χ0n) is 9.34. The molecule has 0 radical (unpaired) electrons. The third-order valence-corrected chi connectivity index (χ3v) is 4.11. The minimum Gasteiger partial charge on any atom is -0.390 e. The Bertz CT molecular complexity index is 181. The molecule has 14 heavy (non-hydrogen) atoms. The molecule has 0 unspecified atom stereocenters. The molecule has 0 aromatic carbocycles. The van der Waals surface area contributed by atoms with Crippen molar-refractivity contribution in [2.75, 3.05) is 19.6 Å². The summed E-state index contributed by atoms with van der Waals surface area (Å²) in [5, 5.41) is 10.1. The van der Waals surface area contributed by atoms with Gasteiger partial charge in [0.2, 0.25) is 0 Å². The summed E-state index contributed by atoms with van der Waals surface area (Å²) in [6, 6.07) is 0. The summed E-state index contributed by atoms with van der Waals surface area (Å²) >= 11 is 0. The SMILES string of the molecule is CCN1CCC(CC2(O)CCC2)CC1. The normalized spacial score (nSPS) is 28.7. The van der Waals surface area contributed by atoms with Gasteiger partial charge in [-0.25, -0.2) is 0 Å². The molecule has 2 nitrogen and oxygen atoms in total. The summed E-state index contributed by atoms with van der Waals surface area (Å²) in [4.78, 5) is 2.52. The van der Waals surface area contributed by atoms with Crippen LogP contribution < -0.4 is 0 Å². The largest absolute Gasteiger partial charge is 0.390 e. The van der Waals surface area contributed by atoms with Gasteiger partial charge in [-0.3, -0.25) is 0 Å². The second-order valence-electron chi connectivity index (χ2n) is 5.16. The Morgan fingerprint density at radius 1 is 1.29 bits per heavy atom. The predicted molar refractivity (Wildman–Crippen MR) is 58.3 cm³/mol. The highest BCUT2D eigenvalue weighted by Gasteiger charge is 2.37. The molecule has 0 aromatic rings. The van der Waals surface area contributed by atoms with Gasteiger partial charge in [0.15, 0.2) is 0 Å². The first-order valence-corrected chi connectivity index (χ1v) is 6.16. The fraction of sp³-hybridized carbons (Fsp3) is 1.00. The van der Waals surface area contributed by atoms with E-state index in [1.54, 1.807) is 0 Å². The van der Waals surface area contributed by atoms with Gasteiger partial charge in [0, 0.05) is 0 Å². The molecule has 1 saturated heterocycles. The van der Waals surface area contributed by atoms with Gasteiger partial charge in [-0.2, -0.15) is 0 Å². The minimum atomic E-state index is -0.251. The number of likely N-dealkylation sites (tertiary alicyclic amines) is 1. The molecule has 0 aromatic heterocycles. The molecule has 1 aliphatic carbocycles. The van der Waals surface area contributed by atoms with Crippen molar-refractivity contribution in [3.63, 3.8) is 0 Å². The van der Waals surface area contributed by atoms with E-state index in [1.807, 2.05) is 0 Å². The maximum Gasteiger partial charge on any atom is 0.0650 e. The van der Waals surface area contributed by atoms with Gasteiger partial charge in [0.1, 0.15) is 0 Å². The lowest BCUT2D eigenvalue weighted by Gasteiger charge is -2.41. The summed E-state index contributed by atoms with van der Waals surface area (Å²) < 4.78 is 0. The van der Waals surface area contributed by atoms with Gasteiger partial charge in [-0.05, 0) is 64.1 Å².